The van der Waals surface area contributed by atoms with Gasteiger partial charge in [0.1, 0.15) is 24.7 Å². The molecule has 0 atom stereocenters. The summed E-state index contributed by atoms with van der Waals surface area (Å²) in [6, 6.07) is 19.1. The summed E-state index contributed by atoms with van der Waals surface area (Å²) in [4.78, 5) is 8.41. The first kappa shape index (κ1) is 42.4. The molecule has 0 radical (unpaired) electrons. The summed E-state index contributed by atoms with van der Waals surface area (Å²) in [6.45, 7) is 5.32. The Labute approximate surface area is 306 Å². The molecule has 2 heterocycles. The van der Waals surface area contributed by atoms with Gasteiger partial charge < -0.3 is 30.3 Å². The molecule has 2 aromatic carbocycles. The zero-order valence-corrected chi connectivity index (χ0v) is 31.5. The van der Waals surface area contributed by atoms with Gasteiger partial charge in [0.2, 0.25) is 0 Å². The minimum absolute atomic E-state index is 0.0281. The smallest absolute Gasteiger partial charge is 0.297 e. The highest BCUT2D eigenvalue weighted by molar-refractivity contribution is 7.87. The molecule has 0 saturated heterocycles. The second kappa shape index (κ2) is 21.5. The Morgan fingerprint density at radius 1 is 0.577 bits per heavy atom. The molecule has 16 heteroatoms. The van der Waals surface area contributed by atoms with E-state index in [1.165, 1.54) is 24.3 Å². The maximum Gasteiger partial charge on any atom is 0.297 e. The van der Waals surface area contributed by atoms with Crippen molar-refractivity contribution in [1.82, 2.24) is 20.6 Å². The van der Waals surface area contributed by atoms with Crippen LogP contribution in [0.15, 0.2) is 82.6 Å². The van der Waals surface area contributed by atoms with Gasteiger partial charge in [-0.3, -0.25) is 18.3 Å². The number of aliphatic hydroxyl groups excluding tert-OH is 2. The molecule has 0 fully saturated rings. The lowest BCUT2D eigenvalue weighted by Crippen LogP contribution is -2.13. The fourth-order valence-electron chi connectivity index (χ4n) is 4.41. The molecular weight excluding hydrogens is 713 g/mol. The molecule has 0 unspecified atom stereocenters. The maximum absolute atomic E-state index is 12.6. The molecule has 14 nitrogen and oxygen atoms in total. The second-order valence-corrected chi connectivity index (χ2v) is 14.8. The number of nitrogens with one attached hydrogen (secondary N) is 2. The Balaban J connectivity index is 0.000000381. The van der Waals surface area contributed by atoms with Gasteiger partial charge in [-0.05, 0) is 78.1 Å². The molecule has 0 aliphatic rings. The summed E-state index contributed by atoms with van der Waals surface area (Å²) in [5.41, 5.74) is 3.37. The van der Waals surface area contributed by atoms with E-state index in [-0.39, 0.29) is 47.6 Å². The maximum atomic E-state index is 12.6. The van der Waals surface area contributed by atoms with Crippen molar-refractivity contribution >= 4 is 20.2 Å². The monoisotopic (exact) mass is 760 g/mol. The quantitative estimate of drug-likeness (QED) is 0.0754. The molecule has 0 aliphatic carbocycles. The van der Waals surface area contributed by atoms with Crippen molar-refractivity contribution in [2.45, 2.75) is 62.9 Å². The molecule has 0 amide bonds. The lowest BCUT2D eigenvalue weighted by Gasteiger charge is -2.12. The number of nitrogens with zero attached hydrogens (tertiary/aromatic N) is 2. The molecule has 284 valence electrons. The van der Waals surface area contributed by atoms with E-state index < -0.39 is 20.2 Å². The highest BCUT2D eigenvalue weighted by Crippen LogP contribution is 2.21. The van der Waals surface area contributed by atoms with Gasteiger partial charge >= 0.3 is 0 Å². The SMILES string of the molecule is CNCCCOc1cc(CO)nc(CO)c1.CNCCCOc1cc(COS(=O)(=O)c2ccc(C)cc2)nc(COS(=O)(=O)c2ccc(C)cc2)c1. The molecule has 52 heavy (non-hydrogen) atoms. The Morgan fingerprint density at radius 2 is 0.923 bits per heavy atom. The fourth-order valence-corrected chi connectivity index (χ4v) is 6.18. The Bertz CT molecular complexity index is 1770. The van der Waals surface area contributed by atoms with E-state index >= 15 is 0 Å². The third-order valence-corrected chi connectivity index (χ3v) is 9.71. The van der Waals surface area contributed by atoms with E-state index in [4.69, 9.17) is 28.1 Å². The van der Waals surface area contributed by atoms with E-state index in [0.29, 0.717) is 36.1 Å². The van der Waals surface area contributed by atoms with Crippen LogP contribution in [0.4, 0.5) is 0 Å². The lowest BCUT2D eigenvalue weighted by atomic mass is 10.2. The fraction of sp³-hybridized carbons (Fsp3) is 0.389. The minimum Gasteiger partial charge on any atom is -0.493 e. The number of rotatable bonds is 20. The first-order chi connectivity index (χ1) is 24.9. The normalized spacial score (nSPS) is 11.5. The van der Waals surface area contributed by atoms with Crippen molar-refractivity contribution in [3.63, 3.8) is 0 Å². The number of aliphatic hydroxyl groups is 2. The van der Waals surface area contributed by atoms with Crippen LogP contribution < -0.4 is 20.1 Å². The third kappa shape index (κ3) is 14.6. The van der Waals surface area contributed by atoms with Crippen molar-refractivity contribution in [3.05, 3.63) is 107 Å². The van der Waals surface area contributed by atoms with Crippen LogP contribution in [0.2, 0.25) is 0 Å². The molecule has 0 aliphatic heterocycles. The Kier molecular flexibility index (Phi) is 17.5. The highest BCUT2D eigenvalue weighted by atomic mass is 32.2. The van der Waals surface area contributed by atoms with Gasteiger partial charge in [0.25, 0.3) is 20.2 Å². The number of benzene rings is 2. The van der Waals surface area contributed by atoms with Crippen LogP contribution in [0.5, 0.6) is 11.5 Å². The number of ether oxygens (including phenoxy) is 2. The predicted octanol–water partition coefficient (Wildman–Crippen LogP) is 3.55. The van der Waals surface area contributed by atoms with Gasteiger partial charge in [-0.2, -0.15) is 16.8 Å². The van der Waals surface area contributed by atoms with E-state index in [0.717, 1.165) is 37.1 Å². The number of hydrogen-bond acceptors (Lipinski definition) is 14. The van der Waals surface area contributed by atoms with Crippen LogP contribution in [0, 0.1) is 13.8 Å². The largest absolute Gasteiger partial charge is 0.493 e. The number of aromatic nitrogens is 2. The van der Waals surface area contributed by atoms with Gasteiger partial charge in [0, 0.05) is 24.3 Å². The van der Waals surface area contributed by atoms with E-state index in [2.05, 4.69) is 20.6 Å². The number of aryl methyl sites for hydroxylation is 2. The van der Waals surface area contributed by atoms with Gasteiger partial charge in [-0.1, -0.05) is 35.4 Å². The second-order valence-electron chi connectivity index (χ2n) is 11.6. The molecule has 0 saturated carbocycles. The lowest BCUT2D eigenvalue weighted by molar-refractivity contribution is 0.260. The predicted molar refractivity (Wildman–Crippen MR) is 195 cm³/mol. The minimum atomic E-state index is -4.02. The average molecular weight is 761 g/mol. The number of hydrogen-bond donors (Lipinski definition) is 4. The molecular formula is C36H48N4O10S2. The Morgan fingerprint density at radius 3 is 1.27 bits per heavy atom. The van der Waals surface area contributed by atoms with Crippen molar-refractivity contribution in [2.24, 2.45) is 0 Å². The first-order valence-electron chi connectivity index (χ1n) is 16.6. The summed E-state index contributed by atoms with van der Waals surface area (Å²) in [5.74, 6) is 1.04. The summed E-state index contributed by atoms with van der Waals surface area (Å²) in [5, 5.41) is 24.0. The van der Waals surface area contributed by atoms with E-state index in [1.54, 1.807) is 48.5 Å². The molecule has 4 rings (SSSR count). The van der Waals surface area contributed by atoms with Gasteiger partial charge in [0.15, 0.2) is 0 Å². The average Bonchev–Trinajstić information content (AvgIpc) is 3.14. The zero-order valence-electron chi connectivity index (χ0n) is 29.9. The van der Waals surface area contributed by atoms with Crippen molar-refractivity contribution in [1.29, 1.82) is 0 Å². The molecule has 4 aromatic rings. The van der Waals surface area contributed by atoms with Crippen LogP contribution in [0.1, 0.15) is 46.7 Å². The van der Waals surface area contributed by atoms with Crippen LogP contribution in [-0.4, -0.2) is 77.4 Å². The molecule has 0 spiro atoms. The summed E-state index contributed by atoms with van der Waals surface area (Å²) in [7, 11) is -4.31. The first-order valence-corrected chi connectivity index (χ1v) is 19.4. The van der Waals surface area contributed by atoms with Crippen LogP contribution in [0.3, 0.4) is 0 Å². The summed E-state index contributed by atoms with van der Waals surface area (Å²) >= 11 is 0. The van der Waals surface area contributed by atoms with Crippen molar-refractivity contribution < 1.29 is 44.9 Å². The summed E-state index contributed by atoms with van der Waals surface area (Å²) in [6.07, 6.45) is 1.64. The standard InChI is InChI=1S/C25H30N2O7S2.C11H18N2O3/c1-19-5-9-24(10-6-19)35(28,29)33-17-21-15-23(32-14-4-13-26-3)16-22(27-21)18-34-36(30,31)25-11-7-20(2)8-12-25;1-12-3-2-4-16-11-5-9(7-14)13-10(6-11)8-15/h5-12,15-16,26H,4,13-14,17-18H2,1-3H3;5-6,12,14-15H,2-4,7-8H2,1H3. The molecule has 4 N–H and O–H groups in total. The molecule has 0 bridgehead atoms. The van der Waals surface area contributed by atoms with Crippen LogP contribution >= 0.6 is 0 Å². The van der Waals surface area contributed by atoms with E-state index in [9.17, 15) is 16.8 Å². The van der Waals surface area contributed by atoms with Crippen molar-refractivity contribution in [2.75, 3.05) is 40.4 Å². The summed E-state index contributed by atoms with van der Waals surface area (Å²) < 4.78 is 72.0. The Hall–Kier alpha value is -4.00. The third-order valence-electron chi connectivity index (χ3n) is 7.16. The highest BCUT2D eigenvalue weighted by Gasteiger charge is 2.18. The topological polar surface area (TPSA) is 195 Å². The van der Waals surface area contributed by atoms with Gasteiger partial charge in [-0.25, -0.2) is 0 Å². The van der Waals surface area contributed by atoms with Crippen molar-refractivity contribution in [3.8, 4) is 11.5 Å². The van der Waals surface area contributed by atoms with Gasteiger partial charge in [-0.15, -0.1) is 0 Å². The zero-order chi connectivity index (χ0) is 38.0. The van der Waals surface area contributed by atoms with Crippen LogP contribution in [0.25, 0.3) is 0 Å². The number of pyridine rings is 2. The van der Waals surface area contributed by atoms with E-state index in [1.807, 2.05) is 27.9 Å². The van der Waals surface area contributed by atoms with Gasteiger partial charge in [0.05, 0.1) is 59.0 Å². The molecule has 2 aromatic heterocycles. The van der Waals surface area contributed by atoms with Crippen LogP contribution in [-0.2, 0) is 55.0 Å².